The minimum atomic E-state index is -0.443. The van der Waals surface area contributed by atoms with Crippen molar-refractivity contribution in [1.82, 2.24) is 4.98 Å². The normalized spacial score (nSPS) is 17.2. The van der Waals surface area contributed by atoms with Crippen molar-refractivity contribution in [3.63, 3.8) is 0 Å². The molecule has 1 aliphatic rings. The predicted octanol–water partition coefficient (Wildman–Crippen LogP) is 2.05. The van der Waals surface area contributed by atoms with E-state index in [1.165, 1.54) is 12.3 Å². The Balaban J connectivity index is 2.06. The molecule has 80 valence electrons. The smallest absolute Gasteiger partial charge is 0.240 e. The van der Waals surface area contributed by atoms with Crippen molar-refractivity contribution in [2.45, 2.75) is 17.6 Å². The molecule has 0 unspecified atom stereocenters. The zero-order valence-electron chi connectivity index (χ0n) is 8.29. The first-order chi connectivity index (χ1) is 7.16. The number of rotatable bonds is 3. The second-order valence-electron chi connectivity index (χ2n) is 3.54. The fourth-order valence-electron chi connectivity index (χ4n) is 1.36. The van der Waals surface area contributed by atoms with Gasteiger partial charge in [-0.05, 0) is 19.1 Å². The van der Waals surface area contributed by atoms with Crippen molar-refractivity contribution in [3.05, 3.63) is 24.3 Å². The average molecular weight is 226 g/mol. The van der Waals surface area contributed by atoms with E-state index in [1.54, 1.807) is 11.8 Å². The molecule has 1 heterocycles. The third kappa shape index (κ3) is 2.12. The van der Waals surface area contributed by atoms with Gasteiger partial charge in [0.2, 0.25) is 5.91 Å². The number of halogens is 1. The highest BCUT2D eigenvalue weighted by Crippen LogP contribution is 2.47. The number of aromatic nitrogens is 1. The molecule has 0 aliphatic heterocycles. The van der Waals surface area contributed by atoms with Gasteiger partial charge >= 0.3 is 0 Å². The third-order valence-electron chi connectivity index (χ3n) is 2.47. The van der Waals surface area contributed by atoms with Gasteiger partial charge in [0.25, 0.3) is 0 Å². The van der Waals surface area contributed by atoms with Crippen molar-refractivity contribution < 1.29 is 9.18 Å². The lowest BCUT2D eigenvalue weighted by Gasteiger charge is -2.11. The largest absolute Gasteiger partial charge is 0.323 e. The van der Waals surface area contributed by atoms with Crippen LogP contribution in [0.3, 0.4) is 0 Å². The molecule has 15 heavy (non-hydrogen) atoms. The Kier molecular flexibility index (Phi) is 2.65. The fraction of sp³-hybridized carbons (Fsp3) is 0.400. The summed E-state index contributed by atoms with van der Waals surface area (Å²) >= 11 is 1.54. The van der Waals surface area contributed by atoms with Crippen molar-refractivity contribution >= 4 is 23.4 Å². The van der Waals surface area contributed by atoms with Gasteiger partial charge in [0.1, 0.15) is 5.82 Å². The lowest BCUT2D eigenvalue weighted by atomic mass is 10.3. The maximum Gasteiger partial charge on any atom is 0.240 e. The van der Waals surface area contributed by atoms with E-state index in [2.05, 4.69) is 10.3 Å². The Morgan fingerprint density at radius 1 is 1.60 bits per heavy atom. The monoisotopic (exact) mass is 226 g/mol. The highest BCUT2D eigenvalue weighted by atomic mass is 32.2. The average Bonchev–Trinajstić information content (AvgIpc) is 2.98. The van der Waals surface area contributed by atoms with Crippen LogP contribution in [0.2, 0.25) is 0 Å². The van der Waals surface area contributed by atoms with Gasteiger partial charge < -0.3 is 5.32 Å². The zero-order valence-corrected chi connectivity index (χ0v) is 9.10. The van der Waals surface area contributed by atoms with E-state index in [-0.39, 0.29) is 10.7 Å². The van der Waals surface area contributed by atoms with Gasteiger partial charge in [0, 0.05) is 6.07 Å². The molecule has 0 bridgehead atoms. The van der Waals surface area contributed by atoms with Crippen LogP contribution in [0, 0.1) is 5.82 Å². The topological polar surface area (TPSA) is 42.0 Å². The molecule has 0 atom stereocenters. The molecule has 1 aromatic heterocycles. The van der Waals surface area contributed by atoms with Crippen LogP contribution < -0.4 is 5.32 Å². The Hall–Kier alpha value is -1.10. The molecule has 0 radical (unpaired) electrons. The molecule has 1 amide bonds. The summed E-state index contributed by atoms with van der Waals surface area (Å²) in [6, 6.07) is 1.27. The zero-order chi connectivity index (χ0) is 10.9. The Labute approximate surface area is 91.5 Å². The van der Waals surface area contributed by atoms with Crippen molar-refractivity contribution in [1.29, 1.82) is 0 Å². The summed E-state index contributed by atoms with van der Waals surface area (Å²) in [5.41, 5.74) is 0.417. The van der Waals surface area contributed by atoms with Crippen LogP contribution in [0.15, 0.2) is 18.5 Å². The first-order valence-corrected chi connectivity index (χ1v) is 5.86. The minimum Gasteiger partial charge on any atom is -0.323 e. The number of thioether (sulfide) groups is 1. The molecular formula is C10H11FN2OS. The Bertz CT molecular complexity index is 393. The van der Waals surface area contributed by atoms with E-state index < -0.39 is 5.82 Å². The van der Waals surface area contributed by atoms with E-state index >= 15 is 0 Å². The molecule has 0 aromatic carbocycles. The quantitative estimate of drug-likeness (QED) is 0.857. The number of amides is 1. The van der Waals surface area contributed by atoms with Crippen LogP contribution in [-0.2, 0) is 4.79 Å². The van der Waals surface area contributed by atoms with Crippen molar-refractivity contribution in [3.8, 4) is 0 Å². The first-order valence-electron chi connectivity index (χ1n) is 4.63. The highest BCUT2D eigenvalue weighted by molar-refractivity contribution is 8.01. The molecular weight excluding hydrogens is 215 g/mol. The highest BCUT2D eigenvalue weighted by Gasteiger charge is 2.49. The minimum absolute atomic E-state index is 0.0533. The number of carbonyl (C=O) groups excluding carboxylic acids is 1. The van der Waals surface area contributed by atoms with E-state index in [1.807, 2.05) is 6.26 Å². The molecule has 1 N–H and O–H groups in total. The molecule has 1 saturated carbocycles. The summed E-state index contributed by atoms with van der Waals surface area (Å²) in [4.78, 5) is 15.4. The maximum absolute atomic E-state index is 12.8. The van der Waals surface area contributed by atoms with E-state index in [9.17, 15) is 9.18 Å². The van der Waals surface area contributed by atoms with Crippen LogP contribution >= 0.6 is 11.8 Å². The van der Waals surface area contributed by atoms with Crippen LogP contribution in [-0.4, -0.2) is 21.9 Å². The third-order valence-corrected chi connectivity index (χ3v) is 3.85. The molecule has 3 nitrogen and oxygen atoms in total. The molecule has 1 aliphatic carbocycles. The van der Waals surface area contributed by atoms with Crippen molar-refractivity contribution in [2.75, 3.05) is 11.6 Å². The van der Waals surface area contributed by atoms with Crippen LogP contribution in [0.25, 0.3) is 0 Å². The number of hydrogen-bond acceptors (Lipinski definition) is 3. The number of nitrogens with one attached hydrogen (secondary N) is 1. The van der Waals surface area contributed by atoms with Crippen LogP contribution in [0.5, 0.6) is 0 Å². The standard InChI is InChI=1S/C10H11FN2OS/c1-15-10(2-3-10)9(14)13-8-4-7(11)5-12-6-8/h4-6H,2-3H2,1H3,(H,13,14). The van der Waals surface area contributed by atoms with Gasteiger partial charge in [-0.15, -0.1) is 11.8 Å². The predicted molar refractivity (Wildman–Crippen MR) is 58.3 cm³/mol. The molecule has 2 rings (SSSR count). The lowest BCUT2D eigenvalue weighted by molar-refractivity contribution is -0.116. The fourth-order valence-corrected chi connectivity index (χ4v) is 2.11. The molecule has 1 fully saturated rings. The summed E-state index contributed by atoms with van der Waals surface area (Å²) in [7, 11) is 0. The molecule has 5 heteroatoms. The van der Waals surface area contributed by atoms with Crippen molar-refractivity contribution in [2.24, 2.45) is 0 Å². The summed E-state index contributed by atoms with van der Waals surface area (Å²) in [5, 5.41) is 2.67. The summed E-state index contributed by atoms with van der Waals surface area (Å²) in [6.07, 6.45) is 6.25. The summed E-state index contributed by atoms with van der Waals surface area (Å²) < 4.78 is 12.5. The molecule has 0 spiro atoms. The number of carbonyl (C=O) groups is 1. The summed E-state index contributed by atoms with van der Waals surface area (Å²) in [5.74, 6) is -0.496. The van der Waals surface area contributed by atoms with Gasteiger partial charge in [-0.1, -0.05) is 0 Å². The second kappa shape index (κ2) is 3.81. The van der Waals surface area contributed by atoms with Gasteiger partial charge in [0.05, 0.1) is 22.8 Å². The first kappa shape index (κ1) is 10.4. The Morgan fingerprint density at radius 2 is 2.33 bits per heavy atom. The molecule has 1 aromatic rings. The number of hydrogen-bond donors (Lipinski definition) is 1. The van der Waals surface area contributed by atoms with Gasteiger partial charge in [-0.2, -0.15) is 0 Å². The van der Waals surface area contributed by atoms with Gasteiger partial charge in [0.15, 0.2) is 0 Å². The maximum atomic E-state index is 12.8. The second-order valence-corrected chi connectivity index (χ2v) is 4.73. The lowest BCUT2D eigenvalue weighted by Crippen LogP contribution is -2.26. The van der Waals surface area contributed by atoms with Crippen LogP contribution in [0.1, 0.15) is 12.8 Å². The van der Waals surface area contributed by atoms with Crippen LogP contribution in [0.4, 0.5) is 10.1 Å². The number of pyridine rings is 1. The molecule has 0 saturated heterocycles. The van der Waals surface area contributed by atoms with E-state index in [0.29, 0.717) is 5.69 Å². The SMILES string of the molecule is CSC1(C(=O)Nc2cncc(F)c2)CC1. The number of nitrogens with zero attached hydrogens (tertiary/aromatic N) is 1. The van der Waals surface area contributed by atoms with E-state index in [0.717, 1.165) is 19.0 Å². The van der Waals surface area contributed by atoms with E-state index in [4.69, 9.17) is 0 Å². The van der Waals surface area contributed by atoms with Gasteiger partial charge in [-0.25, -0.2) is 4.39 Å². The number of anilines is 1. The Morgan fingerprint density at radius 3 is 2.87 bits per heavy atom. The summed E-state index contributed by atoms with van der Waals surface area (Å²) in [6.45, 7) is 0. The van der Waals surface area contributed by atoms with Gasteiger partial charge in [-0.3, -0.25) is 9.78 Å².